The van der Waals surface area contributed by atoms with Crippen LogP contribution in [0.15, 0.2) is 45.8 Å². The van der Waals surface area contributed by atoms with Crippen molar-refractivity contribution in [3.05, 3.63) is 58.3 Å². The first kappa shape index (κ1) is 18.5. The Hall–Kier alpha value is -3.30. The first-order valence-corrected chi connectivity index (χ1v) is 7.65. The molecular weight excluding hydrogens is 367 g/mol. The fraction of sp³-hybridized carbons (Fsp3) is 0.235. The molecule has 0 radical (unpaired) electrons. The van der Waals surface area contributed by atoms with Crippen LogP contribution in [0.3, 0.4) is 0 Å². The third kappa shape index (κ3) is 3.78. The van der Waals surface area contributed by atoms with Crippen molar-refractivity contribution in [3.63, 3.8) is 0 Å². The van der Waals surface area contributed by atoms with Gasteiger partial charge in [-0.25, -0.2) is 0 Å². The summed E-state index contributed by atoms with van der Waals surface area (Å²) in [6.45, 7) is -0.289. The largest absolute Gasteiger partial charge is 0.493 e. The number of halogens is 3. The number of methoxy groups -OCH3 is 2. The van der Waals surface area contributed by atoms with E-state index in [1.54, 1.807) is 18.2 Å². The molecule has 0 saturated heterocycles. The predicted octanol–water partition coefficient (Wildman–Crippen LogP) is 2.98. The number of nitrogens with zero attached hydrogens (tertiary/aromatic N) is 3. The van der Waals surface area contributed by atoms with Gasteiger partial charge in [0, 0.05) is 11.8 Å². The number of hydrogen-bond acceptors (Lipinski definition) is 6. The molecule has 3 aromatic rings. The lowest BCUT2D eigenvalue weighted by atomic mass is 10.2. The minimum absolute atomic E-state index is 0.0128. The Labute approximate surface area is 151 Å². The summed E-state index contributed by atoms with van der Waals surface area (Å²) in [5, 5.41) is 3.79. The van der Waals surface area contributed by atoms with Gasteiger partial charge < -0.3 is 18.6 Å². The van der Waals surface area contributed by atoms with Gasteiger partial charge in [-0.3, -0.25) is 4.79 Å². The molecule has 2 heterocycles. The Kier molecular flexibility index (Phi) is 4.89. The average molecular weight is 381 g/mol. The summed E-state index contributed by atoms with van der Waals surface area (Å²) in [5.41, 5.74) is -1.89. The molecule has 0 bridgehead atoms. The van der Waals surface area contributed by atoms with E-state index in [2.05, 4.69) is 10.1 Å². The van der Waals surface area contributed by atoms with Gasteiger partial charge in [-0.1, -0.05) is 5.16 Å². The summed E-state index contributed by atoms with van der Waals surface area (Å²) in [6.07, 6.45) is -3.52. The summed E-state index contributed by atoms with van der Waals surface area (Å²) in [4.78, 5) is 16.1. The number of aromatic nitrogens is 3. The second-order valence-corrected chi connectivity index (χ2v) is 5.43. The summed E-state index contributed by atoms with van der Waals surface area (Å²) in [5.74, 6) is 1.16. The maximum atomic E-state index is 12.8. The Morgan fingerprint density at radius 2 is 1.89 bits per heavy atom. The number of pyridine rings is 1. The zero-order valence-electron chi connectivity index (χ0n) is 14.3. The summed E-state index contributed by atoms with van der Waals surface area (Å²) >= 11 is 0. The van der Waals surface area contributed by atoms with Crippen LogP contribution >= 0.6 is 0 Å². The highest BCUT2D eigenvalue weighted by Crippen LogP contribution is 2.31. The van der Waals surface area contributed by atoms with Crippen molar-refractivity contribution in [2.45, 2.75) is 12.7 Å². The van der Waals surface area contributed by atoms with E-state index in [4.69, 9.17) is 14.0 Å². The average Bonchev–Trinajstić information content (AvgIpc) is 3.10. The predicted molar refractivity (Wildman–Crippen MR) is 87.6 cm³/mol. The van der Waals surface area contributed by atoms with Gasteiger partial charge in [0.05, 0.1) is 14.2 Å². The van der Waals surface area contributed by atoms with Gasteiger partial charge in [0.1, 0.15) is 12.1 Å². The highest BCUT2D eigenvalue weighted by Gasteiger charge is 2.34. The third-order valence-electron chi connectivity index (χ3n) is 3.74. The van der Waals surface area contributed by atoms with Crippen LogP contribution in [0.2, 0.25) is 0 Å². The van der Waals surface area contributed by atoms with Gasteiger partial charge in [-0.2, -0.15) is 18.2 Å². The van der Waals surface area contributed by atoms with Crippen LogP contribution in [-0.2, 0) is 12.7 Å². The van der Waals surface area contributed by atoms with Crippen molar-refractivity contribution in [2.24, 2.45) is 0 Å². The van der Waals surface area contributed by atoms with Crippen LogP contribution in [0.4, 0.5) is 13.2 Å². The fourth-order valence-electron chi connectivity index (χ4n) is 2.43. The molecule has 0 atom stereocenters. The molecule has 2 aromatic heterocycles. The Bertz CT molecular complexity index is 1010. The first-order valence-electron chi connectivity index (χ1n) is 7.65. The van der Waals surface area contributed by atoms with Crippen LogP contribution in [0.5, 0.6) is 11.5 Å². The molecule has 0 aliphatic rings. The van der Waals surface area contributed by atoms with Crippen LogP contribution in [-0.4, -0.2) is 28.9 Å². The molecule has 27 heavy (non-hydrogen) atoms. The number of hydrogen-bond donors (Lipinski definition) is 0. The van der Waals surface area contributed by atoms with Crippen molar-refractivity contribution in [1.29, 1.82) is 0 Å². The van der Waals surface area contributed by atoms with E-state index >= 15 is 0 Å². The number of alkyl halides is 3. The minimum Gasteiger partial charge on any atom is -0.493 e. The van der Waals surface area contributed by atoms with Crippen LogP contribution in [0.1, 0.15) is 11.5 Å². The molecule has 142 valence electrons. The summed E-state index contributed by atoms with van der Waals surface area (Å²) in [6, 6.07) is 6.81. The number of ether oxygens (including phenoxy) is 2. The molecule has 0 fully saturated rings. The molecule has 0 amide bonds. The van der Waals surface area contributed by atoms with Crippen LogP contribution in [0.25, 0.3) is 11.4 Å². The summed E-state index contributed by atoms with van der Waals surface area (Å²) < 4.78 is 54.8. The monoisotopic (exact) mass is 381 g/mol. The second kappa shape index (κ2) is 7.14. The molecule has 0 unspecified atom stereocenters. The highest BCUT2D eigenvalue weighted by molar-refractivity contribution is 5.60. The lowest BCUT2D eigenvalue weighted by molar-refractivity contribution is -0.139. The topological polar surface area (TPSA) is 79.4 Å². The van der Waals surface area contributed by atoms with E-state index in [1.807, 2.05) is 0 Å². The van der Waals surface area contributed by atoms with Crippen molar-refractivity contribution < 1.29 is 27.2 Å². The second-order valence-electron chi connectivity index (χ2n) is 5.43. The molecule has 7 nitrogen and oxygen atoms in total. The van der Waals surface area contributed by atoms with Crippen molar-refractivity contribution >= 4 is 0 Å². The Balaban J connectivity index is 1.89. The molecule has 0 aliphatic carbocycles. The molecule has 0 spiro atoms. The van der Waals surface area contributed by atoms with Gasteiger partial charge >= 0.3 is 6.18 Å². The zero-order valence-corrected chi connectivity index (χ0v) is 14.3. The van der Waals surface area contributed by atoms with Gasteiger partial charge in [0.15, 0.2) is 11.5 Å². The molecule has 0 N–H and O–H groups in total. The van der Waals surface area contributed by atoms with Crippen LogP contribution < -0.4 is 15.0 Å². The van der Waals surface area contributed by atoms with E-state index < -0.39 is 17.3 Å². The van der Waals surface area contributed by atoms with Crippen molar-refractivity contribution in [2.75, 3.05) is 14.2 Å². The van der Waals surface area contributed by atoms with E-state index in [-0.39, 0.29) is 18.3 Å². The smallest absolute Gasteiger partial charge is 0.421 e. The molecule has 3 rings (SSSR count). The van der Waals surface area contributed by atoms with Gasteiger partial charge in [0.25, 0.3) is 5.56 Å². The fourth-order valence-corrected chi connectivity index (χ4v) is 2.43. The SMILES string of the molecule is COc1ccc(-c2noc(Cn3cccc(C(F)(F)F)c3=O)n2)cc1OC. The zero-order chi connectivity index (χ0) is 19.6. The van der Waals surface area contributed by atoms with Crippen molar-refractivity contribution in [3.8, 4) is 22.9 Å². The Morgan fingerprint density at radius 1 is 1.15 bits per heavy atom. The standard InChI is InChI=1S/C17H14F3N3O4/c1-25-12-6-5-10(8-13(12)26-2)15-21-14(27-22-15)9-23-7-3-4-11(16(23)24)17(18,19)20/h3-8H,9H2,1-2H3. The maximum absolute atomic E-state index is 12.8. The van der Waals surface area contributed by atoms with E-state index in [0.29, 0.717) is 17.1 Å². The molecule has 1 aromatic carbocycles. The molecule has 10 heteroatoms. The van der Waals surface area contributed by atoms with E-state index in [0.717, 1.165) is 16.7 Å². The van der Waals surface area contributed by atoms with E-state index in [9.17, 15) is 18.0 Å². The molecule has 0 aliphatic heterocycles. The van der Waals surface area contributed by atoms with Gasteiger partial charge in [0.2, 0.25) is 11.7 Å². The number of benzene rings is 1. The first-order chi connectivity index (χ1) is 12.8. The van der Waals surface area contributed by atoms with Gasteiger partial charge in [-0.05, 0) is 30.3 Å². The van der Waals surface area contributed by atoms with Crippen LogP contribution in [0, 0.1) is 0 Å². The highest BCUT2D eigenvalue weighted by atomic mass is 19.4. The summed E-state index contributed by atoms with van der Waals surface area (Å²) in [7, 11) is 2.97. The minimum atomic E-state index is -4.74. The van der Waals surface area contributed by atoms with Gasteiger partial charge in [-0.15, -0.1) is 0 Å². The molecule has 0 saturated carbocycles. The van der Waals surface area contributed by atoms with E-state index in [1.165, 1.54) is 20.4 Å². The molecular formula is C17H14F3N3O4. The van der Waals surface area contributed by atoms with Crippen molar-refractivity contribution in [1.82, 2.24) is 14.7 Å². The lowest BCUT2D eigenvalue weighted by Crippen LogP contribution is -2.28. The number of rotatable bonds is 5. The lowest BCUT2D eigenvalue weighted by Gasteiger charge is -2.08. The quantitative estimate of drug-likeness (QED) is 0.676. The third-order valence-corrected chi connectivity index (χ3v) is 3.74. The Morgan fingerprint density at radius 3 is 2.56 bits per heavy atom. The maximum Gasteiger partial charge on any atom is 0.421 e. The normalized spacial score (nSPS) is 11.4.